The van der Waals surface area contributed by atoms with Gasteiger partial charge in [-0.25, -0.2) is 0 Å². The van der Waals surface area contributed by atoms with Crippen molar-refractivity contribution in [3.05, 3.63) is 0 Å². The number of rotatable bonds is 4. The van der Waals surface area contributed by atoms with E-state index in [-0.39, 0.29) is 0 Å². The zero-order valence-corrected chi connectivity index (χ0v) is 9.47. The first-order valence-electron chi connectivity index (χ1n) is 6.34. The number of piperidine rings is 1. The molecular weight excluding hydrogens is 172 g/mol. The Hall–Kier alpha value is -0.0800. The minimum atomic E-state index is 0.798. The molecule has 14 heavy (non-hydrogen) atoms. The van der Waals surface area contributed by atoms with E-state index in [4.69, 9.17) is 0 Å². The van der Waals surface area contributed by atoms with Crippen LogP contribution in [0, 0.1) is 5.92 Å². The largest absolute Gasteiger partial charge is 0.313 e. The zero-order chi connectivity index (χ0) is 9.80. The second-order valence-corrected chi connectivity index (χ2v) is 5.02. The molecule has 0 aliphatic carbocycles. The molecule has 0 saturated carbocycles. The molecule has 2 heteroatoms. The molecule has 2 aliphatic rings. The van der Waals surface area contributed by atoms with Crippen LogP contribution in [-0.2, 0) is 0 Å². The van der Waals surface area contributed by atoms with Gasteiger partial charge in [-0.1, -0.05) is 19.8 Å². The van der Waals surface area contributed by atoms with E-state index in [0.717, 1.165) is 12.0 Å². The van der Waals surface area contributed by atoms with Gasteiger partial charge in [0.1, 0.15) is 0 Å². The highest BCUT2D eigenvalue weighted by molar-refractivity contribution is 4.84. The third-order valence-electron chi connectivity index (χ3n) is 3.62. The predicted molar refractivity (Wildman–Crippen MR) is 60.5 cm³/mol. The maximum Gasteiger partial charge on any atom is 0.0195 e. The molecule has 0 aromatic heterocycles. The maximum absolute atomic E-state index is 3.62. The van der Waals surface area contributed by atoms with E-state index in [1.54, 1.807) is 0 Å². The van der Waals surface area contributed by atoms with Gasteiger partial charge in [-0.05, 0) is 31.7 Å². The van der Waals surface area contributed by atoms with Crippen LogP contribution in [0.5, 0.6) is 0 Å². The normalized spacial score (nSPS) is 30.2. The number of hydrogen-bond acceptors (Lipinski definition) is 2. The second-order valence-electron chi connectivity index (χ2n) is 5.02. The molecule has 0 spiro atoms. The molecule has 0 aromatic carbocycles. The van der Waals surface area contributed by atoms with Gasteiger partial charge in [-0.3, -0.25) is 0 Å². The third-order valence-corrected chi connectivity index (χ3v) is 3.62. The predicted octanol–water partition coefficient (Wildman–Crippen LogP) is 1.86. The lowest BCUT2D eigenvalue weighted by Gasteiger charge is -2.42. The van der Waals surface area contributed by atoms with Gasteiger partial charge < -0.3 is 10.2 Å². The molecule has 2 fully saturated rings. The minimum absolute atomic E-state index is 0.798. The lowest BCUT2D eigenvalue weighted by molar-refractivity contribution is 0.0782. The Morgan fingerprint density at radius 3 is 2.79 bits per heavy atom. The fourth-order valence-corrected chi connectivity index (χ4v) is 2.81. The van der Waals surface area contributed by atoms with E-state index in [1.165, 1.54) is 58.3 Å². The van der Waals surface area contributed by atoms with Crippen LogP contribution in [0.15, 0.2) is 0 Å². The van der Waals surface area contributed by atoms with Crippen molar-refractivity contribution in [2.75, 3.05) is 26.2 Å². The lowest BCUT2D eigenvalue weighted by atomic mass is 9.93. The van der Waals surface area contributed by atoms with Crippen LogP contribution in [0.3, 0.4) is 0 Å². The third kappa shape index (κ3) is 2.71. The minimum Gasteiger partial charge on any atom is -0.313 e. The van der Waals surface area contributed by atoms with Crippen molar-refractivity contribution in [1.82, 2.24) is 10.2 Å². The molecule has 2 rings (SSSR count). The van der Waals surface area contributed by atoms with Gasteiger partial charge in [0.15, 0.2) is 0 Å². The quantitative estimate of drug-likeness (QED) is 0.738. The summed E-state index contributed by atoms with van der Waals surface area (Å²) in [6.07, 6.45) is 7.02. The fourth-order valence-electron chi connectivity index (χ4n) is 2.81. The van der Waals surface area contributed by atoms with Crippen molar-refractivity contribution in [3.63, 3.8) is 0 Å². The molecule has 2 heterocycles. The first kappa shape index (κ1) is 10.4. The van der Waals surface area contributed by atoms with Crippen molar-refractivity contribution in [3.8, 4) is 0 Å². The zero-order valence-electron chi connectivity index (χ0n) is 9.47. The molecule has 0 radical (unpaired) electrons. The van der Waals surface area contributed by atoms with Crippen LogP contribution in [0.1, 0.15) is 39.0 Å². The number of likely N-dealkylation sites (tertiary alicyclic amines) is 1. The molecular formula is C12H24N2. The maximum atomic E-state index is 3.62. The Labute approximate surface area is 88.1 Å². The summed E-state index contributed by atoms with van der Waals surface area (Å²) in [6.45, 7) is 7.58. The molecule has 82 valence electrons. The van der Waals surface area contributed by atoms with Crippen LogP contribution in [0.4, 0.5) is 0 Å². The Balaban J connectivity index is 1.58. The van der Waals surface area contributed by atoms with E-state index in [1.807, 2.05) is 0 Å². The van der Waals surface area contributed by atoms with Crippen LogP contribution in [-0.4, -0.2) is 37.1 Å². The van der Waals surface area contributed by atoms with Crippen LogP contribution >= 0.6 is 0 Å². The Morgan fingerprint density at radius 1 is 1.29 bits per heavy atom. The van der Waals surface area contributed by atoms with E-state index in [2.05, 4.69) is 17.1 Å². The molecule has 1 N–H and O–H groups in total. The summed E-state index contributed by atoms with van der Waals surface area (Å²) in [4.78, 5) is 2.63. The van der Waals surface area contributed by atoms with Crippen molar-refractivity contribution in [2.45, 2.75) is 45.1 Å². The molecule has 0 amide bonds. The lowest BCUT2D eigenvalue weighted by Crippen LogP contribution is -2.53. The average Bonchev–Trinajstić information content (AvgIpc) is 2.16. The number of nitrogens with zero attached hydrogens (tertiary/aromatic N) is 1. The van der Waals surface area contributed by atoms with Gasteiger partial charge in [-0.2, -0.15) is 0 Å². The molecule has 1 unspecified atom stereocenters. The Morgan fingerprint density at radius 2 is 2.14 bits per heavy atom. The number of hydrogen-bond donors (Lipinski definition) is 1. The summed E-state index contributed by atoms with van der Waals surface area (Å²) < 4.78 is 0. The van der Waals surface area contributed by atoms with Gasteiger partial charge in [0.2, 0.25) is 0 Å². The molecule has 2 nitrogen and oxygen atoms in total. The smallest absolute Gasteiger partial charge is 0.0195 e. The van der Waals surface area contributed by atoms with Crippen molar-refractivity contribution >= 4 is 0 Å². The number of nitrogens with one attached hydrogen (secondary N) is 1. The van der Waals surface area contributed by atoms with Gasteiger partial charge in [0.05, 0.1) is 0 Å². The van der Waals surface area contributed by atoms with Crippen LogP contribution in [0.2, 0.25) is 0 Å². The van der Waals surface area contributed by atoms with E-state index in [9.17, 15) is 0 Å². The van der Waals surface area contributed by atoms with Crippen molar-refractivity contribution in [1.29, 1.82) is 0 Å². The summed E-state index contributed by atoms with van der Waals surface area (Å²) in [5.74, 6) is 1.02. The second kappa shape index (κ2) is 5.13. The van der Waals surface area contributed by atoms with E-state index >= 15 is 0 Å². The molecule has 2 aliphatic heterocycles. The Bertz CT molecular complexity index is 158. The molecule has 1 atom stereocenters. The van der Waals surface area contributed by atoms with Gasteiger partial charge in [-0.15, -0.1) is 0 Å². The SMILES string of the molecule is CCCC1CN(CC2CCCCN2)C1. The highest BCUT2D eigenvalue weighted by Crippen LogP contribution is 2.21. The summed E-state index contributed by atoms with van der Waals surface area (Å²) >= 11 is 0. The van der Waals surface area contributed by atoms with Crippen molar-refractivity contribution < 1.29 is 0 Å². The van der Waals surface area contributed by atoms with Crippen molar-refractivity contribution in [2.24, 2.45) is 5.92 Å². The summed E-state index contributed by atoms with van der Waals surface area (Å²) in [5.41, 5.74) is 0. The molecule has 0 aromatic rings. The van der Waals surface area contributed by atoms with E-state index in [0.29, 0.717) is 0 Å². The van der Waals surface area contributed by atoms with Crippen LogP contribution in [0.25, 0.3) is 0 Å². The first-order valence-corrected chi connectivity index (χ1v) is 6.34. The van der Waals surface area contributed by atoms with Gasteiger partial charge in [0, 0.05) is 25.7 Å². The average molecular weight is 196 g/mol. The topological polar surface area (TPSA) is 15.3 Å². The van der Waals surface area contributed by atoms with E-state index < -0.39 is 0 Å². The van der Waals surface area contributed by atoms with Gasteiger partial charge >= 0.3 is 0 Å². The Kier molecular flexibility index (Phi) is 3.82. The highest BCUT2D eigenvalue weighted by atomic mass is 15.2. The summed E-state index contributed by atoms with van der Waals surface area (Å²) in [5, 5.41) is 3.62. The molecule has 0 bridgehead atoms. The monoisotopic (exact) mass is 196 g/mol. The van der Waals surface area contributed by atoms with Gasteiger partial charge in [0.25, 0.3) is 0 Å². The summed E-state index contributed by atoms with van der Waals surface area (Å²) in [7, 11) is 0. The summed E-state index contributed by atoms with van der Waals surface area (Å²) in [6, 6.07) is 0.798. The standard InChI is InChI=1S/C12H24N2/c1-2-5-11-8-14(9-11)10-12-6-3-4-7-13-12/h11-13H,2-10H2,1H3. The highest BCUT2D eigenvalue weighted by Gasteiger charge is 2.27. The van der Waals surface area contributed by atoms with Crippen LogP contribution < -0.4 is 5.32 Å². The molecule has 2 saturated heterocycles. The first-order chi connectivity index (χ1) is 6.88. The fraction of sp³-hybridized carbons (Fsp3) is 1.00.